The third-order valence-corrected chi connectivity index (χ3v) is 7.81. The number of aliphatic hydroxyl groups is 1. The van der Waals surface area contributed by atoms with E-state index >= 15 is 0 Å². The fourth-order valence-electron chi connectivity index (χ4n) is 4.66. The largest absolute Gasteiger partial charge is 0.474 e. The second-order valence-corrected chi connectivity index (χ2v) is 9.45. The Balaban J connectivity index is 1.59. The first kappa shape index (κ1) is 19.1. The summed E-state index contributed by atoms with van der Waals surface area (Å²) in [5.41, 5.74) is 7.76. The van der Waals surface area contributed by atoms with E-state index in [9.17, 15) is 5.11 Å². The zero-order valence-electron chi connectivity index (χ0n) is 16.4. The quantitative estimate of drug-likeness (QED) is 0.769. The highest BCUT2D eigenvalue weighted by Gasteiger charge is 2.34. The van der Waals surface area contributed by atoms with Crippen molar-refractivity contribution in [2.75, 3.05) is 0 Å². The molecular weight excluding hydrogens is 358 g/mol. The second kappa shape index (κ2) is 7.64. The third kappa shape index (κ3) is 3.71. The highest BCUT2D eigenvalue weighted by atomic mass is 32.1. The molecule has 3 N–H and O–H groups in total. The lowest BCUT2D eigenvalue weighted by atomic mass is 9.79. The van der Waals surface area contributed by atoms with E-state index in [2.05, 4.69) is 16.9 Å². The molecule has 2 aromatic rings. The first-order chi connectivity index (χ1) is 13.0. The van der Waals surface area contributed by atoms with Crippen molar-refractivity contribution in [2.45, 2.75) is 95.3 Å². The Morgan fingerprint density at radius 3 is 2.78 bits per heavy atom. The lowest BCUT2D eigenvalue weighted by Gasteiger charge is -2.36. The number of aromatic nitrogens is 2. The molecule has 0 unspecified atom stereocenters. The van der Waals surface area contributed by atoms with Crippen LogP contribution >= 0.6 is 11.3 Å². The molecule has 4 rings (SSSR count). The summed E-state index contributed by atoms with van der Waals surface area (Å²) in [5.74, 6) is 1.13. The molecule has 6 heteroatoms. The maximum Gasteiger partial charge on any atom is 0.225 e. The van der Waals surface area contributed by atoms with Crippen molar-refractivity contribution in [3.05, 3.63) is 16.8 Å². The van der Waals surface area contributed by atoms with Crippen LogP contribution in [0.3, 0.4) is 0 Å². The van der Waals surface area contributed by atoms with Crippen molar-refractivity contribution in [1.82, 2.24) is 9.97 Å². The Hall–Kier alpha value is -1.24. The van der Waals surface area contributed by atoms with Gasteiger partial charge in [0, 0.05) is 10.4 Å². The van der Waals surface area contributed by atoms with Crippen molar-refractivity contribution >= 4 is 21.6 Å². The van der Waals surface area contributed by atoms with Crippen LogP contribution < -0.4 is 10.5 Å². The van der Waals surface area contributed by atoms with E-state index in [-0.39, 0.29) is 17.7 Å². The SMILES string of the molecule is CC[C@@H](O)C[C@H]1CCc2sc3ncnc(O[C@H]4CC[C@@](N)(CC)CC4)c3c21. The Morgan fingerprint density at radius 1 is 1.30 bits per heavy atom. The fourth-order valence-corrected chi connectivity index (χ4v) is 5.89. The van der Waals surface area contributed by atoms with Crippen LogP contribution in [0, 0.1) is 0 Å². The molecule has 5 nitrogen and oxygen atoms in total. The minimum Gasteiger partial charge on any atom is -0.474 e. The van der Waals surface area contributed by atoms with Gasteiger partial charge in [-0.05, 0) is 69.3 Å². The van der Waals surface area contributed by atoms with E-state index in [0.29, 0.717) is 5.92 Å². The summed E-state index contributed by atoms with van der Waals surface area (Å²) in [6.07, 6.45) is 10.4. The number of aryl methyl sites for hydroxylation is 1. The minimum absolute atomic E-state index is 0.0220. The average Bonchev–Trinajstić information content (AvgIpc) is 3.24. The minimum atomic E-state index is -0.241. The maximum absolute atomic E-state index is 10.2. The van der Waals surface area contributed by atoms with E-state index < -0.39 is 0 Å². The number of aliphatic hydroxyl groups excluding tert-OH is 1. The van der Waals surface area contributed by atoms with Gasteiger partial charge < -0.3 is 15.6 Å². The number of hydrogen-bond donors (Lipinski definition) is 2. The molecule has 148 valence electrons. The molecule has 0 amide bonds. The molecule has 2 atom stereocenters. The molecule has 0 radical (unpaired) electrons. The van der Waals surface area contributed by atoms with Crippen LogP contribution in [0.4, 0.5) is 0 Å². The molecular formula is C21H31N3O2S. The first-order valence-electron chi connectivity index (χ1n) is 10.4. The van der Waals surface area contributed by atoms with Gasteiger partial charge in [-0.15, -0.1) is 11.3 Å². The monoisotopic (exact) mass is 389 g/mol. The number of ether oxygens (including phenoxy) is 1. The summed E-state index contributed by atoms with van der Waals surface area (Å²) < 4.78 is 6.41. The van der Waals surface area contributed by atoms with Gasteiger partial charge in [0.05, 0.1) is 11.5 Å². The standard InChI is InChI=1S/C21H31N3O2S/c1-3-14(25)11-13-5-6-16-17(13)18-19(23-12-24-20(18)27-16)26-15-7-9-21(22,4-2)10-8-15/h12-15,25H,3-11,22H2,1-2H3/t13-,14-,15-,21-/m1/s1. The lowest BCUT2D eigenvalue weighted by molar-refractivity contribution is 0.113. The fraction of sp³-hybridized carbons (Fsp3) is 0.714. The van der Waals surface area contributed by atoms with E-state index in [1.54, 1.807) is 17.7 Å². The molecule has 1 saturated carbocycles. The molecule has 27 heavy (non-hydrogen) atoms. The maximum atomic E-state index is 10.2. The molecule has 2 aliphatic rings. The molecule has 0 spiro atoms. The van der Waals surface area contributed by atoms with Gasteiger partial charge in [0.1, 0.15) is 17.3 Å². The van der Waals surface area contributed by atoms with E-state index in [0.717, 1.165) is 73.9 Å². The van der Waals surface area contributed by atoms with Gasteiger partial charge in [0.15, 0.2) is 0 Å². The van der Waals surface area contributed by atoms with Gasteiger partial charge in [-0.2, -0.15) is 0 Å². The average molecular weight is 390 g/mol. The zero-order chi connectivity index (χ0) is 19.0. The van der Waals surface area contributed by atoms with Gasteiger partial charge in [0.2, 0.25) is 5.88 Å². The van der Waals surface area contributed by atoms with Crippen molar-refractivity contribution in [1.29, 1.82) is 0 Å². The number of hydrogen-bond acceptors (Lipinski definition) is 6. The summed E-state index contributed by atoms with van der Waals surface area (Å²) in [7, 11) is 0. The molecule has 0 aliphatic heterocycles. The van der Waals surface area contributed by atoms with Crippen LogP contribution in [-0.4, -0.2) is 32.8 Å². The number of nitrogens with zero attached hydrogens (tertiary/aromatic N) is 2. The second-order valence-electron chi connectivity index (χ2n) is 8.36. The van der Waals surface area contributed by atoms with Crippen molar-refractivity contribution in [3.8, 4) is 5.88 Å². The Kier molecular flexibility index (Phi) is 5.41. The van der Waals surface area contributed by atoms with Crippen molar-refractivity contribution in [3.63, 3.8) is 0 Å². The number of fused-ring (bicyclic) bond motifs is 3. The van der Waals surface area contributed by atoms with Gasteiger partial charge in [-0.3, -0.25) is 0 Å². The van der Waals surface area contributed by atoms with E-state index in [1.165, 1.54) is 10.4 Å². The van der Waals surface area contributed by atoms with Crippen molar-refractivity contribution < 1.29 is 9.84 Å². The predicted molar refractivity (Wildman–Crippen MR) is 109 cm³/mol. The Morgan fingerprint density at radius 2 is 2.07 bits per heavy atom. The lowest BCUT2D eigenvalue weighted by Crippen LogP contribution is -2.44. The third-order valence-electron chi connectivity index (χ3n) is 6.63. The molecule has 0 aromatic carbocycles. The number of nitrogens with two attached hydrogens (primary N) is 1. The van der Waals surface area contributed by atoms with Crippen LogP contribution in [0.15, 0.2) is 6.33 Å². The Labute approximate surface area is 165 Å². The highest BCUT2D eigenvalue weighted by molar-refractivity contribution is 7.19. The summed E-state index contributed by atoms with van der Waals surface area (Å²) >= 11 is 1.77. The normalized spacial score (nSPS) is 29.0. The number of thiophene rings is 1. The zero-order valence-corrected chi connectivity index (χ0v) is 17.2. The Bertz CT molecular complexity index is 798. The summed E-state index contributed by atoms with van der Waals surface area (Å²) in [4.78, 5) is 11.5. The molecule has 0 saturated heterocycles. The molecule has 2 heterocycles. The summed E-state index contributed by atoms with van der Waals surface area (Å²) in [6.45, 7) is 4.22. The van der Waals surface area contributed by atoms with Crippen LogP contribution in [0.1, 0.15) is 81.6 Å². The highest BCUT2D eigenvalue weighted by Crippen LogP contribution is 2.48. The van der Waals surface area contributed by atoms with Crippen LogP contribution in [-0.2, 0) is 6.42 Å². The van der Waals surface area contributed by atoms with Gasteiger partial charge >= 0.3 is 0 Å². The summed E-state index contributed by atoms with van der Waals surface area (Å²) in [5, 5.41) is 11.3. The van der Waals surface area contributed by atoms with Gasteiger partial charge in [0.25, 0.3) is 0 Å². The molecule has 1 fully saturated rings. The van der Waals surface area contributed by atoms with Crippen molar-refractivity contribution in [2.24, 2.45) is 5.73 Å². The van der Waals surface area contributed by atoms with Crippen LogP contribution in [0.2, 0.25) is 0 Å². The van der Waals surface area contributed by atoms with Gasteiger partial charge in [-0.1, -0.05) is 13.8 Å². The van der Waals surface area contributed by atoms with E-state index in [1.807, 2.05) is 6.92 Å². The molecule has 0 bridgehead atoms. The van der Waals surface area contributed by atoms with Crippen LogP contribution in [0.5, 0.6) is 5.88 Å². The summed E-state index contributed by atoms with van der Waals surface area (Å²) in [6, 6.07) is 0. The smallest absolute Gasteiger partial charge is 0.225 e. The first-order valence-corrected chi connectivity index (χ1v) is 11.2. The van der Waals surface area contributed by atoms with Gasteiger partial charge in [-0.25, -0.2) is 9.97 Å². The van der Waals surface area contributed by atoms with Crippen LogP contribution in [0.25, 0.3) is 10.2 Å². The molecule has 2 aromatic heterocycles. The molecule has 2 aliphatic carbocycles. The number of rotatable bonds is 6. The predicted octanol–water partition coefficient (Wildman–Crippen LogP) is 4.31. The van der Waals surface area contributed by atoms with E-state index in [4.69, 9.17) is 10.5 Å². The topological polar surface area (TPSA) is 81.3 Å².